The third kappa shape index (κ3) is 3.22. The highest BCUT2D eigenvalue weighted by Crippen LogP contribution is 2.28. The number of carbonyl (C=O) groups excluding carboxylic acids is 1. The summed E-state index contributed by atoms with van der Waals surface area (Å²) in [4.78, 5) is 13.6. The molecule has 2 unspecified atom stereocenters. The van der Waals surface area contributed by atoms with Crippen molar-refractivity contribution in [2.75, 3.05) is 26.0 Å². The predicted octanol–water partition coefficient (Wildman–Crippen LogP) is 1.69. The van der Waals surface area contributed by atoms with Crippen LogP contribution < -0.4 is 15.8 Å². The minimum atomic E-state index is -0.424. The van der Waals surface area contributed by atoms with E-state index in [9.17, 15) is 4.79 Å². The van der Waals surface area contributed by atoms with Crippen LogP contribution in [0, 0.1) is 0 Å². The van der Waals surface area contributed by atoms with Crippen molar-refractivity contribution >= 4 is 11.6 Å². The third-order valence-corrected chi connectivity index (χ3v) is 4.05. The quantitative estimate of drug-likeness (QED) is 0.879. The van der Waals surface area contributed by atoms with Crippen LogP contribution in [0.1, 0.15) is 30.1 Å². The normalized spacial score (nSPS) is 23.4. The molecule has 2 rings (SSSR count). The van der Waals surface area contributed by atoms with Crippen molar-refractivity contribution < 1.29 is 9.53 Å². The highest BCUT2D eigenvalue weighted by atomic mass is 16.5. The zero-order chi connectivity index (χ0) is 14.7. The van der Waals surface area contributed by atoms with Gasteiger partial charge in [-0.2, -0.15) is 0 Å². The highest BCUT2D eigenvalue weighted by molar-refractivity contribution is 5.94. The molecule has 0 aliphatic carbocycles. The Morgan fingerprint density at radius 1 is 1.50 bits per heavy atom. The van der Waals surface area contributed by atoms with Crippen molar-refractivity contribution in [2.45, 2.75) is 31.8 Å². The summed E-state index contributed by atoms with van der Waals surface area (Å²) in [5.74, 6) is 0.314. The average molecular weight is 277 g/mol. The van der Waals surface area contributed by atoms with Crippen LogP contribution >= 0.6 is 0 Å². The Bertz CT molecular complexity index is 490. The van der Waals surface area contributed by atoms with E-state index in [1.165, 1.54) is 0 Å². The zero-order valence-electron chi connectivity index (χ0n) is 12.3. The molecule has 0 spiro atoms. The number of methoxy groups -OCH3 is 1. The van der Waals surface area contributed by atoms with Gasteiger partial charge in [-0.25, -0.2) is 0 Å². The summed E-state index contributed by atoms with van der Waals surface area (Å²) >= 11 is 0. The highest BCUT2D eigenvalue weighted by Gasteiger charge is 2.23. The lowest BCUT2D eigenvalue weighted by molar-refractivity contribution is 0.100. The predicted molar refractivity (Wildman–Crippen MR) is 80.2 cm³/mol. The van der Waals surface area contributed by atoms with Gasteiger partial charge >= 0.3 is 0 Å². The second-order valence-electron chi connectivity index (χ2n) is 5.47. The minimum Gasteiger partial charge on any atom is -0.495 e. The molecule has 110 valence electrons. The molecule has 0 aromatic heterocycles. The van der Waals surface area contributed by atoms with Gasteiger partial charge in [0.1, 0.15) is 5.75 Å². The molecule has 0 saturated carbocycles. The SMILES string of the molecule is COc1ccc(C(N)=O)cc1NC1CCN(C)C(C)C1. The number of rotatable bonds is 4. The molecule has 20 heavy (non-hydrogen) atoms. The summed E-state index contributed by atoms with van der Waals surface area (Å²) in [6.07, 6.45) is 2.14. The van der Waals surface area contributed by atoms with E-state index in [1.54, 1.807) is 25.3 Å². The van der Waals surface area contributed by atoms with Crippen molar-refractivity contribution in [3.63, 3.8) is 0 Å². The number of carbonyl (C=O) groups is 1. The maximum atomic E-state index is 11.3. The topological polar surface area (TPSA) is 67.6 Å². The van der Waals surface area contributed by atoms with Crippen LogP contribution in [0.25, 0.3) is 0 Å². The lowest BCUT2D eigenvalue weighted by Gasteiger charge is -2.36. The van der Waals surface area contributed by atoms with E-state index in [1.807, 2.05) is 0 Å². The number of nitrogens with two attached hydrogens (primary N) is 1. The molecular weight excluding hydrogens is 254 g/mol. The van der Waals surface area contributed by atoms with Gasteiger partial charge in [-0.1, -0.05) is 0 Å². The summed E-state index contributed by atoms with van der Waals surface area (Å²) < 4.78 is 5.34. The molecule has 1 aromatic carbocycles. The number of amides is 1. The number of hydrogen-bond donors (Lipinski definition) is 2. The van der Waals surface area contributed by atoms with E-state index in [2.05, 4.69) is 24.2 Å². The van der Waals surface area contributed by atoms with Gasteiger partial charge in [0.15, 0.2) is 0 Å². The molecule has 0 radical (unpaired) electrons. The monoisotopic (exact) mass is 277 g/mol. The molecule has 3 N–H and O–H groups in total. The van der Waals surface area contributed by atoms with Gasteiger partial charge in [0.05, 0.1) is 12.8 Å². The number of anilines is 1. The Labute approximate surface area is 120 Å². The molecule has 1 saturated heterocycles. The van der Waals surface area contributed by atoms with E-state index in [0.717, 1.165) is 30.8 Å². The summed E-state index contributed by atoms with van der Waals surface area (Å²) in [5, 5.41) is 3.49. The van der Waals surface area contributed by atoms with Crippen LogP contribution in [0.3, 0.4) is 0 Å². The number of nitrogens with zero attached hydrogens (tertiary/aromatic N) is 1. The maximum Gasteiger partial charge on any atom is 0.248 e. The fourth-order valence-electron chi connectivity index (χ4n) is 2.61. The fourth-order valence-corrected chi connectivity index (χ4v) is 2.61. The van der Waals surface area contributed by atoms with E-state index < -0.39 is 5.91 Å². The summed E-state index contributed by atoms with van der Waals surface area (Å²) in [6, 6.07) is 6.17. The first-order valence-corrected chi connectivity index (χ1v) is 6.96. The van der Waals surface area contributed by atoms with E-state index in [0.29, 0.717) is 17.6 Å². The molecule has 2 atom stereocenters. The third-order valence-electron chi connectivity index (χ3n) is 4.05. The number of primary amides is 1. The molecule has 1 aliphatic heterocycles. The standard InChI is InChI=1S/C15H23N3O2/c1-10-8-12(6-7-18(10)2)17-13-9-11(15(16)19)4-5-14(13)20-3/h4-5,9-10,12,17H,6-8H2,1-3H3,(H2,16,19). The van der Waals surface area contributed by atoms with E-state index in [-0.39, 0.29) is 0 Å². The van der Waals surface area contributed by atoms with Crippen molar-refractivity contribution in [1.82, 2.24) is 4.90 Å². The van der Waals surface area contributed by atoms with Crippen molar-refractivity contribution in [3.05, 3.63) is 23.8 Å². The molecule has 1 amide bonds. The molecule has 1 aliphatic rings. The molecular formula is C15H23N3O2. The van der Waals surface area contributed by atoms with Gasteiger partial charge in [-0.15, -0.1) is 0 Å². The first kappa shape index (κ1) is 14.7. The molecule has 1 heterocycles. The molecule has 5 nitrogen and oxygen atoms in total. The Balaban J connectivity index is 2.15. The Morgan fingerprint density at radius 3 is 2.85 bits per heavy atom. The van der Waals surface area contributed by atoms with Crippen LogP contribution in [0.2, 0.25) is 0 Å². The summed E-state index contributed by atoms with van der Waals surface area (Å²) in [5.41, 5.74) is 6.67. The largest absolute Gasteiger partial charge is 0.495 e. The molecule has 0 bridgehead atoms. The second kappa shape index (κ2) is 6.13. The van der Waals surface area contributed by atoms with E-state index in [4.69, 9.17) is 10.5 Å². The average Bonchev–Trinajstić information content (AvgIpc) is 2.42. The number of piperidine rings is 1. The van der Waals surface area contributed by atoms with Gasteiger partial charge in [0.25, 0.3) is 0 Å². The van der Waals surface area contributed by atoms with Crippen molar-refractivity contribution in [3.8, 4) is 5.75 Å². The second-order valence-corrected chi connectivity index (χ2v) is 5.47. The lowest BCUT2D eigenvalue weighted by Crippen LogP contribution is -2.42. The van der Waals surface area contributed by atoms with E-state index >= 15 is 0 Å². The van der Waals surface area contributed by atoms with Crippen LogP contribution in [0.5, 0.6) is 5.75 Å². The summed E-state index contributed by atoms with van der Waals surface area (Å²) in [7, 11) is 3.77. The van der Waals surface area contributed by atoms with Gasteiger partial charge in [-0.05, 0) is 45.0 Å². The minimum absolute atomic E-state index is 0.387. The Hall–Kier alpha value is -1.75. The number of hydrogen-bond acceptors (Lipinski definition) is 4. The Morgan fingerprint density at radius 2 is 2.25 bits per heavy atom. The first-order chi connectivity index (χ1) is 9.51. The number of benzene rings is 1. The van der Waals surface area contributed by atoms with Gasteiger partial charge in [0, 0.05) is 24.2 Å². The van der Waals surface area contributed by atoms with Crippen LogP contribution in [-0.4, -0.2) is 43.6 Å². The lowest BCUT2D eigenvalue weighted by atomic mass is 9.98. The molecule has 5 heteroatoms. The van der Waals surface area contributed by atoms with Crippen LogP contribution in [-0.2, 0) is 0 Å². The van der Waals surface area contributed by atoms with Gasteiger partial charge < -0.3 is 20.7 Å². The van der Waals surface area contributed by atoms with Gasteiger partial charge in [-0.3, -0.25) is 4.79 Å². The summed E-state index contributed by atoms with van der Waals surface area (Å²) in [6.45, 7) is 3.29. The zero-order valence-corrected chi connectivity index (χ0v) is 12.3. The maximum absolute atomic E-state index is 11.3. The van der Waals surface area contributed by atoms with Crippen molar-refractivity contribution in [1.29, 1.82) is 0 Å². The van der Waals surface area contributed by atoms with Crippen LogP contribution in [0.15, 0.2) is 18.2 Å². The molecule has 1 fully saturated rings. The van der Waals surface area contributed by atoms with Crippen LogP contribution in [0.4, 0.5) is 5.69 Å². The first-order valence-electron chi connectivity index (χ1n) is 6.96. The smallest absolute Gasteiger partial charge is 0.248 e. The number of ether oxygens (including phenoxy) is 1. The fraction of sp³-hybridized carbons (Fsp3) is 0.533. The molecule has 1 aromatic rings. The van der Waals surface area contributed by atoms with Gasteiger partial charge in [0.2, 0.25) is 5.91 Å². The van der Waals surface area contributed by atoms with Crippen molar-refractivity contribution in [2.24, 2.45) is 5.73 Å². The number of nitrogens with one attached hydrogen (secondary N) is 1. The Kier molecular flexibility index (Phi) is 4.49. The number of likely N-dealkylation sites (tertiary alicyclic amines) is 1.